The van der Waals surface area contributed by atoms with Crippen LogP contribution in [0.1, 0.15) is 418 Å². The molecule has 0 saturated carbocycles. The van der Waals surface area contributed by atoms with Crippen LogP contribution in [0.15, 0.2) is 0 Å². The minimum atomic E-state index is -3.24. The van der Waals surface area contributed by atoms with Gasteiger partial charge in [0.05, 0.1) is 5.92 Å². The Balaban J connectivity index is 3.57. The minimum absolute atomic E-state index is 0.0199. The van der Waals surface area contributed by atoms with Gasteiger partial charge in [-0.05, 0) is 37.3 Å². The van der Waals surface area contributed by atoms with Gasteiger partial charge in [0.1, 0.15) is 5.78 Å². The molecule has 0 radical (unpaired) electrons. The Morgan fingerprint density at radius 1 is 0.289 bits per heavy atom. The fourth-order valence-corrected chi connectivity index (χ4v) is 11.9. The average molecular weight is 1100 g/mol. The molecular formula is C70H133ClF2O3. The van der Waals surface area contributed by atoms with Crippen molar-refractivity contribution in [3.63, 3.8) is 0 Å². The lowest BCUT2D eigenvalue weighted by Gasteiger charge is -2.15. The zero-order valence-corrected chi connectivity index (χ0v) is 52.2. The minimum Gasteiger partial charge on any atom is -0.299 e. The fourth-order valence-electron chi connectivity index (χ4n) is 11.7. The second-order valence-corrected chi connectivity index (χ2v) is 25.0. The summed E-state index contributed by atoms with van der Waals surface area (Å²) in [6.07, 6.45) is 75.8. The number of Topliss-reactive ketones (excluding diaryl/α,β-unsaturated/α-hetero) is 2. The number of halogens is 3. The van der Waals surface area contributed by atoms with Gasteiger partial charge in [0.15, 0.2) is 0 Å². The third kappa shape index (κ3) is 56.4. The first kappa shape index (κ1) is 75.2. The summed E-state index contributed by atoms with van der Waals surface area (Å²) in [5, 5.41) is -0.565. The maximum absolute atomic E-state index is 14.6. The molecule has 0 aliphatic rings. The van der Waals surface area contributed by atoms with E-state index in [1.165, 1.54) is 302 Å². The van der Waals surface area contributed by atoms with Gasteiger partial charge in [-0.3, -0.25) is 14.4 Å². The molecule has 76 heavy (non-hydrogen) atoms. The van der Waals surface area contributed by atoms with Gasteiger partial charge < -0.3 is 0 Å². The molecular weight excluding hydrogens is 962 g/mol. The van der Waals surface area contributed by atoms with Crippen molar-refractivity contribution in [2.75, 3.05) is 0 Å². The van der Waals surface area contributed by atoms with E-state index in [1.54, 1.807) is 0 Å². The van der Waals surface area contributed by atoms with Crippen LogP contribution in [-0.2, 0) is 14.4 Å². The highest BCUT2D eigenvalue weighted by Gasteiger charge is 2.36. The molecule has 0 aliphatic carbocycles. The number of hydrogen-bond donors (Lipinski definition) is 0. The second kappa shape index (κ2) is 61.8. The van der Waals surface area contributed by atoms with E-state index in [9.17, 15) is 23.2 Å². The summed E-state index contributed by atoms with van der Waals surface area (Å²) in [7, 11) is 0. The molecule has 0 rings (SSSR count). The van der Waals surface area contributed by atoms with Gasteiger partial charge in [-0.1, -0.05) is 373 Å². The third-order valence-corrected chi connectivity index (χ3v) is 17.4. The SMILES string of the molecule is CCCCCCCCCCCCCCCCCCCCCCCCCCCCCC(=O)C(CCCCCCCC(F)(F)C(=O)CCCCCCCCCCCCCCCCCCCCCCCCCCCCC)C(=O)Cl. The number of alkyl halides is 2. The van der Waals surface area contributed by atoms with E-state index in [1.807, 2.05) is 0 Å². The van der Waals surface area contributed by atoms with Crippen LogP contribution in [0.25, 0.3) is 0 Å². The molecule has 0 N–H and O–H groups in total. The molecule has 0 saturated heterocycles. The highest BCUT2D eigenvalue weighted by atomic mass is 35.5. The monoisotopic (exact) mass is 1090 g/mol. The van der Waals surface area contributed by atoms with Crippen molar-refractivity contribution in [1.82, 2.24) is 0 Å². The molecule has 0 fully saturated rings. The highest BCUT2D eigenvalue weighted by Crippen LogP contribution is 2.27. The van der Waals surface area contributed by atoms with Crippen LogP contribution in [0.4, 0.5) is 8.78 Å². The Hall–Kier alpha value is -0.840. The van der Waals surface area contributed by atoms with Crippen molar-refractivity contribution in [1.29, 1.82) is 0 Å². The Kier molecular flexibility index (Phi) is 61.1. The molecule has 0 bridgehead atoms. The summed E-state index contributed by atoms with van der Waals surface area (Å²) in [6, 6.07) is 0. The second-order valence-electron chi connectivity index (χ2n) is 24.6. The maximum Gasteiger partial charge on any atom is 0.305 e. The number of rotatable bonds is 67. The summed E-state index contributed by atoms with van der Waals surface area (Å²) in [5.74, 6) is -4.93. The maximum atomic E-state index is 14.6. The van der Waals surface area contributed by atoms with Gasteiger partial charge in [0.25, 0.3) is 0 Å². The van der Waals surface area contributed by atoms with E-state index in [-0.39, 0.29) is 18.6 Å². The summed E-state index contributed by atoms with van der Waals surface area (Å²) < 4.78 is 29.2. The van der Waals surface area contributed by atoms with Gasteiger partial charge in [-0.25, -0.2) is 0 Å². The van der Waals surface area contributed by atoms with Crippen LogP contribution in [0.3, 0.4) is 0 Å². The van der Waals surface area contributed by atoms with Gasteiger partial charge in [-0.2, -0.15) is 8.78 Å². The van der Waals surface area contributed by atoms with Crippen LogP contribution in [0, 0.1) is 5.92 Å². The molecule has 0 amide bonds. The smallest absolute Gasteiger partial charge is 0.299 e. The van der Waals surface area contributed by atoms with Crippen molar-refractivity contribution >= 4 is 28.4 Å². The third-order valence-electron chi connectivity index (χ3n) is 17.1. The first-order valence-electron chi connectivity index (χ1n) is 34.9. The first-order valence-corrected chi connectivity index (χ1v) is 35.3. The zero-order valence-electron chi connectivity index (χ0n) is 51.5. The van der Waals surface area contributed by atoms with Crippen molar-refractivity contribution < 1.29 is 23.2 Å². The van der Waals surface area contributed by atoms with Crippen molar-refractivity contribution in [3.8, 4) is 0 Å². The number of hydrogen-bond acceptors (Lipinski definition) is 3. The Morgan fingerprint density at radius 2 is 0.487 bits per heavy atom. The number of unbranched alkanes of at least 4 members (excludes halogenated alkanes) is 56. The number of carbonyl (C=O) groups is 3. The van der Waals surface area contributed by atoms with Crippen LogP contribution in [0.2, 0.25) is 0 Å². The number of ketones is 2. The molecule has 452 valence electrons. The summed E-state index contributed by atoms with van der Waals surface area (Å²) in [6.45, 7) is 4.58. The van der Waals surface area contributed by atoms with E-state index >= 15 is 0 Å². The molecule has 1 unspecified atom stereocenters. The summed E-state index contributed by atoms with van der Waals surface area (Å²) >= 11 is 5.85. The Bertz CT molecular complexity index is 1190. The Labute approximate surface area is 479 Å². The summed E-state index contributed by atoms with van der Waals surface area (Å²) in [5.41, 5.74) is 0. The lowest BCUT2D eigenvalue weighted by Crippen LogP contribution is -2.28. The van der Waals surface area contributed by atoms with Crippen LogP contribution in [0.5, 0.6) is 0 Å². The van der Waals surface area contributed by atoms with Gasteiger partial charge >= 0.3 is 5.92 Å². The molecule has 0 aromatic heterocycles. The molecule has 0 heterocycles. The van der Waals surface area contributed by atoms with Crippen LogP contribution >= 0.6 is 11.6 Å². The number of carbonyl (C=O) groups excluding carboxylic acids is 3. The molecule has 0 spiro atoms. The predicted molar refractivity (Wildman–Crippen MR) is 332 cm³/mol. The van der Waals surface area contributed by atoms with Crippen molar-refractivity contribution in [2.24, 2.45) is 5.92 Å². The molecule has 1 atom stereocenters. The normalized spacial score (nSPS) is 12.3. The largest absolute Gasteiger partial charge is 0.305 e. The van der Waals surface area contributed by atoms with Crippen molar-refractivity contribution in [2.45, 2.75) is 424 Å². The zero-order chi connectivity index (χ0) is 55.4. The molecule has 0 aliphatic heterocycles. The Morgan fingerprint density at radius 3 is 0.724 bits per heavy atom. The quantitative estimate of drug-likeness (QED) is 0.0346. The first-order chi connectivity index (χ1) is 37.3. The van der Waals surface area contributed by atoms with E-state index in [4.69, 9.17) is 11.6 Å². The molecule has 3 nitrogen and oxygen atoms in total. The lowest BCUT2D eigenvalue weighted by molar-refractivity contribution is -0.144. The van der Waals surface area contributed by atoms with Crippen LogP contribution < -0.4 is 0 Å². The standard InChI is InChI=1S/C70H133ClF2O3/c1-3-5-7-9-11-13-15-17-19-21-23-25-27-29-31-33-35-37-39-41-43-45-47-49-51-55-59-63-67(74)66(69(71)76)62-58-54-53-57-61-65-70(72,73)68(75)64-60-56-52-50-48-46-44-42-40-38-36-34-32-30-28-26-24-22-20-18-16-14-12-10-8-6-4-2/h66H,3-65H2,1-2H3. The summed E-state index contributed by atoms with van der Waals surface area (Å²) in [4.78, 5) is 37.2. The average Bonchev–Trinajstić information content (AvgIpc) is 3.40. The van der Waals surface area contributed by atoms with E-state index in [2.05, 4.69) is 13.8 Å². The lowest BCUT2D eigenvalue weighted by atomic mass is 9.93. The van der Waals surface area contributed by atoms with E-state index in [0.717, 1.165) is 51.4 Å². The van der Waals surface area contributed by atoms with Gasteiger partial charge in [-0.15, -0.1) is 0 Å². The van der Waals surface area contributed by atoms with E-state index < -0.39 is 22.9 Å². The highest BCUT2D eigenvalue weighted by molar-refractivity contribution is 6.65. The van der Waals surface area contributed by atoms with Gasteiger partial charge in [0.2, 0.25) is 11.0 Å². The van der Waals surface area contributed by atoms with Crippen LogP contribution in [-0.4, -0.2) is 22.7 Å². The fraction of sp³-hybridized carbons (Fsp3) is 0.957. The predicted octanol–water partition coefficient (Wildman–Crippen LogP) is 25.8. The van der Waals surface area contributed by atoms with Gasteiger partial charge in [0, 0.05) is 19.3 Å². The topological polar surface area (TPSA) is 51.2 Å². The molecule has 0 aromatic rings. The van der Waals surface area contributed by atoms with E-state index in [0.29, 0.717) is 38.5 Å². The molecule has 0 aromatic carbocycles. The van der Waals surface area contributed by atoms with Crippen molar-refractivity contribution in [3.05, 3.63) is 0 Å². The molecule has 6 heteroatoms.